The number of carbonyl (C=O) groups excluding carboxylic acids is 2. The van der Waals surface area contributed by atoms with Crippen LogP contribution in [0.3, 0.4) is 0 Å². The molecule has 0 fully saturated rings. The molecule has 0 aromatic carbocycles. The minimum atomic E-state index is -0.916. The summed E-state index contributed by atoms with van der Waals surface area (Å²) in [5.41, 5.74) is 0. The Hall–Kier alpha value is -1.10. The van der Waals surface area contributed by atoms with Crippen LogP contribution in [0.25, 0.3) is 0 Å². The van der Waals surface area contributed by atoms with E-state index >= 15 is 0 Å². The second kappa shape index (κ2) is 20.8. The third-order valence-corrected chi connectivity index (χ3v) is 5.79. The predicted octanol–water partition coefficient (Wildman–Crippen LogP) is 5.40. The van der Waals surface area contributed by atoms with E-state index in [1.165, 1.54) is 77.0 Å². The normalized spacial score (nSPS) is 11.6. The van der Waals surface area contributed by atoms with Crippen molar-refractivity contribution in [1.82, 2.24) is 0 Å². The molecule has 0 bridgehead atoms. The molecule has 184 valence electrons. The van der Waals surface area contributed by atoms with Gasteiger partial charge in [0.2, 0.25) is 0 Å². The summed E-state index contributed by atoms with van der Waals surface area (Å²) < 4.78 is 6.11. The molecule has 0 spiro atoms. The third-order valence-electron chi connectivity index (χ3n) is 5.79. The molecule has 0 aliphatic heterocycles. The number of hydrogen-bond acceptors (Lipinski definition) is 4. The lowest BCUT2D eigenvalue weighted by molar-refractivity contribution is -0.870. The average molecular weight is 442 g/mol. The third kappa shape index (κ3) is 26.9. The first-order valence-electron chi connectivity index (χ1n) is 13.0. The number of ether oxygens (including phenoxy) is 1. The summed E-state index contributed by atoms with van der Waals surface area (Å²) >= 11 is 0. The Balaban J connectivity index is 3.15. The van der Waals surface area contributed by atoms with E-state index in [1.54, 1.807) is 0 Å². The number of unbranched alkanes of at least 4 members (excludes halogenated alkanes) is 16. The molecule has 0 rings (SSSR count). The van der Waals surface area contributed by atoms with Crippen LogP contribution in [-0.4, -0.2) is 50.7 Å². The van der Waals surface area contributed by atoms with Crippen LogP contribution in [0.2, 0.25) is 0 Å². The predicted molar refractivity (Wildman–Crippen MR) is 127 cm³/mol. The molecule has 0 saturated carbocycles. The van der Waals surface area contributed by atoms with Gasteiger partial charge in [-0.05, 0) is 19.3 Å². The highest BCUT2D eigenvalue weighted by atomic mass is 16.5. The van der Waals surface area contributed by atoms with Gasteiger partial charge < -0.3 is 19.1 Å². The van der Waals surface area contributed by atoms with E-state index in [1.807, 2.05) is 0 Å². The van der Waals surface area contributed by atoms with Gasteiger partial charge in [0.25, 0.3) is 0 Å². The Labute approximate surface area is 192 Å². The molecule has 5 nitrogen and oxygen atoms in total. The van der Waals surface area contributed by atoms with Crippen LogP contribution in [-0.2, 0) is 14.3 Å². The Bertz CT molecular complexity index is 432. The summed E-state index contributed by atoms with van der Waals surface area (Å²) in [4.78, 5) is 22.0. The quantitative estimate of drug-likeness (QED) is 0.121. The van der Waals surface area contributed by atoms with Gasteiger partial charge in [-0.1, -0.05) is 96.3 Å². The molecule has 0 aromatic heterocycles. The zero-order valence-corrected chi connectivity index (χ0v) is 20.9. The SMILES string of the molecule is C[N+](C)(C)CCOC(=O)CCCCCCCCCCCCCCCCCCCC(=O)[O-]. The smallest absolute Gasteiger partial charge is 0.305 e. The molecule has 0 radical (unpaired) electrons. The van der Waals surface area contributed by atoms with Crippen LogP contribution in [0.1, 0.15) is 122 Å². The first-order chi connectivity index (χ1) is 14.8. The van der Waals surface area contributed by atoms with Crippen molar-refractivity contribution >= 4 is 11.9 Å². The number of carbonyl (C=O) groups is 2. The van der Waals surface area contributed by atoms with Crippen LogP contribution < -0.4 is 5.11 Å². The van der Waals surface area contributed by atoms with Crippen LogP contribution >= 0.6 is 0 Å². The van der Waals surface area contributed by atoms with E-state index in [0.29, 0.717) is 13.0 Å². The van der Waals surface area contributed by atoms with Gasteiger partial charge in [0.05, 0.1) is 21.1 Å². The van der Waals surface area contributed by atoms with E-state index in [0.717, 1.165) is 43.1 Å². The summed E-state index contributed by atoms with van der Waals surface area (Å²) in [6, 6.07) is 0. The molecule has 0 unspecified atom stereocenters. The average Bonchev–Trinajstić information content (AvgIpc) is 2.68. The molecule has 0 saturated heterocycles. The van der Waals surface area contributed by atoms with E-state index in [2.05, 4.69) is 21.1 Å². The number of carboxylic acids is 1. The van der Waals surface area contributed by atoms with Crippen molar-refractivity contribution in [3.05, 3.63) is 0 Å². The molecule has 0 atom stereocenters. The molecule has 0 heterocycles. The van der Waals surface area contributed by atoms with Crippen molar-refractivity contribution in [2.75, 3.05) is 34.3 Å². The van der Waals surface area contributed by atoms with E-state index in [-0.39, 0.29) is 12.4 Å². The van der Waals surface area contributed by atoms with E-state index in [9.17, 15) is 14.7 Å². The first kappa shape index (κ1) is 29.9. The van der Waals surface area contributed by atoms with Crippen molar-refractivity contribution in [3.63, 3.8) is 0 Å². The lowest BCUT2D eigenvalue weighted by Crippen LogP contribution is -2.37. The van der Waals surface area contributed by atoms with Gasteiger partial charge in [0, 0.05) is 12.4 Å². The number of rotatable bonds is 23. The van der Waals surface area contributed by atoms with Crippen LogP contribution in [0.5, 0.6) is 0 Å². The number of hydrogen-bond donors (Lipinski definition) is 0. The minimum Gasteiger partial charge on any atom is -0.550 e. The van der Waals surface area contributed by atoms with Crippen molar-refractivity contribution in [3.8, 4) is 0 Å². The number of likely N-dealkylation sites (N-methyl/N-ethyl adjacent to an activating group) is 1. The fraction of sp³-hybridized carbons (Fsp3) is 0.923. The number of quaternary nitrogens is 1. The monoisotopic (exact) mass is 441 g/mol. The van der Waals surface area contributed by atoms with Crippen molar-refractivity contribution in [2.45, 2.75) is 122 Å². The van der Waals surface area contributed by atoms with Gasteiger partial charge in [0.15, 0.2) is 0 Å². The maximum atomic E-state index is 11.7. The summed E-state index contributed by atoms with van der Waals surface area (Å²) in [6.07, 6.45) is 21.7. The minimum absolute atomic E-state index is 0.0399. The first-order valence-corrected chi connectivity index (χ1v) is 13.0. The van der Waals surface area contributed by atoms with Gasteiger partial charge in [0.1, 0.15) is 13.2 Å². The van der Waals surface area contributed by atoms with Gasteiger partial charge in [-0.3, -0.25) is 4.79 Å². The number of esters is 1. The van der Waals surface area contributed by atoms with Crippen molar-refractivity contribution in [2.24, 2.45) is 0 Å². The maximum absolute atomic E-state index is 11.7. The second-order valence-electron chi connectivity index (χ2n) is 10.1. The van der Waals surface area contributed by atoms with E-state index in [4.69, 9.17) is 4.74 Å². The molecule has 5 heteroatoms. The van der Waals surface area contributed by atoms with Crippen LogP contribution in [0, 0.1) is 0 Å². The van der Waals surface area contributed by atoms with Gasteiger partial charge in [-0.15, -0.1) is 0 Å². The van der Waals surface area contributed by atoms with Crippen LogP contribution in [0.15, 0.2) is 0 Å². The zero-order chi connectivity index (χ0) is 23.2. The summed E-state index contributed by atoms with van der Waals surface area (Å²) in [7, 11) is 6.31. The number of carboxylic acid groups (broad SMARTS) is 1. The fourth-order valence-electron chi connectivity index (χ4n) is 3.70. The van der Waals surface area contributed by atoms with Gasteiger partial charge in [-0.25, -0.2) is 0 Å². The van der Waals surface area contributed by atoms with Gasteiger partial charge in [-0.2, -0.15) is 0 Å². The topological polar surface area (TPSA) is 66.4 Å². The molecular formula is C26H51NO4. The molecule has 31 heavy (non-hydrogen) atoms. The molecule has 0 N–H and O–H groups in total. The Kier molecular flexibility index (Phi) is 20.0. The van der Waals surface area contributed by atoms with Gasteiger partial charge >= 0.3 is 5.97 Å². The lowest BCUT2D eigenvalue weighted by atomic mass is 10.0. The molecule has 0 aliphatic rings. The Morgan fingerprint density at radius 2 is 0.903 bits per heavy atom. The summed E-state index contributed by atoms with van der Waals surface area (Å²) in [5, 5.41) is 10.3. The largest absolute Gasteiger partial charge is 0.550 e. The fourth-order valence-corrected chi connectivity index (χ4v) is 3.70. The molecular weight excluding hydrogens is 390 g/mol. The molecule has 0 aromatic rings. The highest BCUT2D eigenvalue weighted by Crippen LogP contribution is 2.14. The summed E-state index contributed by atoms with van der Waals surface area (Å²) in [5.74, 6) is -0.956. The number of aliphatic carboxylic acids is 1. The van der Waals surface area contributed by atoms with E-state index < -0.39 is 5.97 Å². The Morgan fingerprint density at radius 3 is 1.23 bits per heavy atom. The molecule has 0 aliphatic carbocycles. The zero-order valence-electron chi connectivity index (χ0n) is 20.9. The second-order valence-corrected chi connectivity index (χ2v) is 10.1. The van der Waals surface area contributed by atoms with Crippen molar-refractivity contribution in [1.29, 1.82) is 0 Å². The van der Waals surface area contributed by atoms with Crippen molar-refractivity contribution < 1.29 is 23.9 Å². The highest BCUT2D eigenvalue weighted by molar-refractivity contribution is 5.69. The van der Waals surface area contributed by atoms with Crippen LogP contribution in [0.4, 0.5) is 0 Å². The standard InChI is InChI=1S/C26H51NO4/c1-27(2,3)23-24-31-26(30)22-20-18-16-14-12-10-8-6-4-5-7-9-11-13-15-17-19-21-25(28)29/h4-24H2,1-3H3. The summed E-state index contributed by atoms with van der Waals surface area (Å²) in [6.45, 7) is 1.39. The maximum Gasteiger partial charge on any atom is 0.305 e. The molecule has 0 amide bonds. The number of nitrogens with zero attached hydrogens (tertiary/aromatic N) is 1. The Morgan fingerprint density at radius 1 is 0.581 bits per heavy atom. The lowest BCUT2D eigenvalue weighted by Gasteiger charge is -2.23. The highest BCUT2D eigenvalue weighted by Gasteiger charge is 2.09.